The zero-order valence-electron chi connectivity index (χ0n) is 20.9. The molecule has 8 heteroatoms. The summed E-state index contributed by atoms with van der Waals surface area (Å²) in [4.78, 5) is 34.6. The fourth-order valence-electron chi connectivity index (χ4n) is 5.10. The first-order chi connectivity index (χ1) is 17.4. The summed E-state index contributed by atoms with van der Waals surface area (Å²) in [6.07, 6.45) is 17.3. The van der Waals surface area contributed by atoms with Crippen LogP contribution in [0.2, 0.25) is 0 Å². The van der Waals surface area contributed by atoms with Crippen LogP contribution < -0.4 is 10.6 Å². The van der Waals surface area contributed by atoms with Crippen LogP contribution in [0.4, 0.5) is 11.4 Å². The van der Waals surface area contributed by atoms with Crippen LogP contribution in [-0.2, 0) is 18.3 Å². The van der Waals surface area contributed by atoms with Gasteiger partial charge in [0.15, 0.2) is 0 Å². The summed E-state index contributed by atoms with van der Waals surface area (Å²) in [5.74, 6) is 0.206. The maximum atomic E-state index is 13.2. The van der Waals surface area contributed by atoms with Crippen molar-refractivity contribution in [3.8, 4) is 0 Å². The van der Waals surface area contributed by atoms with Gasteiger partial charge in [-0.1, -0.05) is 12.8 Å². The Labute approximate surface area is 214 Å². The molecule has 1 saturated carbocycles. The molecule has 0 unspecified atom stereocenters. The van der Waals surface area contributed by atoms with E-state index in [1.54, 1.807) is 23.1 Å². The molecule has 2 amide bonds. The molecule has 0 aliphatic heterocycles. The molecule has 3 heterocycles. The Kier molecular flexibility index (Phi) is 6.93. The first-order valence-electron chi connectivity index (χ1n) is 12.7. The highest BCUT2D eigenvalue weighted by Crippen LogP contribution is 2.30. The topological polar surface area (TPSA) is 102 Å². The number of aromatic nitrogens is 4. The number of pyridine rings is 2. The van der Waals surface area contributed by atoms with Gasteiger partial charge in [-0.2, -0.15) is 5.10 Å². The van der Waals surface area contributed by atoms with Crippen molar-refractivity contribution in [1.29, 1.82) is 0 Å². The SMILES string of the molecule is Cc1ncc(NC(=O)CC2CCCC2)cc1NC(=O)c1cnc2c(c1)C=C(c1cnn(C)c1)CCC2.[HH].[HH]. The van der Waals surface area contributed by atoms with E-state index >= 15 is 0 Å². The van der Waals surface area contributed by atoms with Gasteiger partial charge in [0.2, 0.25) is 5.91 Å². The zero-order chi connectivity index (χ0) is 25.1. The van der Waals surface area contributed by atoms with E-state index in [1.807, 2.05) is 32.4 Å². The third-order valence-corrected chi connectivity index (χ3v) is 7.10. The van der Waals surface area contributed by atoms with E-state index in [9.17, 15) is 9.59 Å². The van der Waals surface area contributed by atoms with E-state index in [0.29, 0.717) is 35.0 Å². The van der Waals surface area contributed by atoms with E-state index in [2.05, 4.69) is 31.8 Å². The number of carbonyl (C=O) groups excluding carboxylic acids is 2. The van der Waals surface area contributed by atoms with E-state index in [-0.39, 0.29) is 14.7 Å². The van der Waals surface area contributed by atoms with Crippen molar-refractivity contribution >= 4 is 34.8 Å². The molecular formula is C28H36N6O2. The van der Waals surface area contributed by atoms with Crippen LogP contribution in [0.25, 0.3) is 11.6 Å². The van der Waals surface area contributed by atoms with Crippen LogP contribution in [0.15, 0.2) is 36.9 Å². The van der Waals surface area contributed by atoms with Crippen molar-refractivity contribution in [2.75, 3.05) is 10.6 Å². The van der Waals surface area contributed by atoms with Gasteiger partial charge in [-0.15, -0.1) is 0 Å². The minimum Gasteiger partial charge on any atom is -0.325 e. The lowest BCUT2D eigenvalue weighted by atomic mass is 10.0. The molecule has 3 aromatic rings. The van der Waals surface area contributed by atoms with Gasteiger partial charge in [0.1, 0.15) is 0 Å². The maximum absolute atomic E-state index is 13.2. The van der Waals surface area contributed by atoms with E-state index in [1.165, 1.54) is 18.4 Å². The molecule has 2 N–H and O–H groups in total. The fourth-order valence-corrected chi connectivity index (χ4v) is 5.10. The number of allylic oxidation sites excluding steroid dienone is 1. The quantitative estimate of drug-likeness (QED) is 0.466. The third kappa shape index (κ3) is 5.53. The molecule has 8 nitrogen and oxygen atoms in total. The second-order valence-electron chi connectivity index (χ2n) is 9.90. The lowest BCUT2D eigenvalue weighted by Crippen LogP contribution is -2.17. The van der Waals surface area contributed by atoms with E-state index in [4.69, 9.17) is 0 Å². The number of fused-ring (bicyclic) bond motifs is 1. The van der Waals surface area contributed by atoms with Crippen LogP contribution in [0.3, 0.4) is 0 Å². The Morgan fingerprint density at radius 3 is 2.67 bits per heavy atom. The van der Waals surface area contributed by atoms with Gasteiger partial charge in [-0.05, 0) is 74.3 Å². The Morgan fingerprint density at radius 1 is 1.06 bits per heavy atom. The molecule has 5 rings (SSSR count). The van der Waals surface area contributed by atoms with Crippen molar-refractivity contribution in [2.45, 2.75) is 58.3 Å². The average molecular weight is 489 g/mol. The standard InChI is InChI=1S/C28H32N6O2.2H2/c1-18-26(13-24(16-29-18)32-27(35)10-19-6-3-4-7-19)33-28(36)22-12-21-11-20(23-15-31-34(2)17-23)8-5-9-25(21)30-14-22;;/h11-17,19H,3-10H2,1-2H3,(H,32,35)(H,33,36);2*1H. The number of nitrogens with zero attached hydrogens (tertiary/aromatic N) is 4. The number of hydrogen-bond donors (Lipinski definition) is 2. The minimum absolute atomic E-state index is 0. The molecule has 0 bridgehead atoms. The second-order valence-corrected chi connectivity index (χ2v) is 9.90. The Bertz CT molecular complexity index is 1330. The number of rotatable bonds is 6. The number of anilines is 2. The molecular weight excluding hydrogens is 452 g/mol. The van der Waals surface area contributed by atoms with Gasteiger partial charge >= 0.3 is 0 Å². The summed E-state index contributed by atoms with van der Waals surface area (Å²) in [6.45, 7) is 1.83. The molecule has 0 spiro atoms. The van der Waals surface area contributed by atoms with Gasteiger partial charge in [0.05, 0.1) is 35.0 Å². The zero-order valence-corrected chi connectivity index (χ0v) is 20.9. The Morgan fingerprint density at radius 2 is 1.89 bits per heavy atom. The lowest BCUT2D eigenvalue weighted by Gasteiger charge is -2.13. The van der Waals surface area contributed by atoms with E-state index < -0.39 is 0 Å². The predicted molar refractivity (Wildman–Crippen MR) is 145 cm³/mol. The van der Waals surface area contributed by atoms with Crippen molar-refractivity contribution in [3.05, 3.63) is 65.0 Å². The summed E-state index contributed by atoms with van der Waals surface area (Å²) in [6, 6.07) is 3.67. The summed E-state index contributed by atoms with van der Waals surface area (Å²) in [5.41, 5.74) is 6.56. The van der Waals surface area contributed by atoms with Gasteiger partial charge in [-0.3, -0.25) is 24.2 Å². The van der Waals surface area contributed by atoms with Gasteiger partial charge in [0.25, 0.3) is 5.91 Å². The molecule has 190 valence electrons. The van der Waals surface area contributed by atoms with Crippen molar-refractivity contribution < 1.29 is 12.4 Å². The van der Waals surface area contributed by atoms with Crippen LogP contribution in [0.1, 0.15) is 80.7 Å². The smallest absolute Gasteiger partial charge is 0.257 e. The molecule has 36 heavy (non-hydrogen) atoms. The summed E-state index contributed by atoms with van der Waals surface area (Å²) in [5, 5.41) is 10.2. The van der Waals surface area contributed by atoms with Crippen LogP contribution in [0, 0.1) is 12.8 Å². The van der Waals surface area contributed by atoms with Crippen LogP contribution in [0.5, 0.6) is 0 Å². The normalized spacial score (nSPS) is 15.7. The molecule has 0 aromatic carbocycles. The van der Waals surface area contributed by atoms with E-state index in [0.717, 1.165) is 48.9 Å². The molecule has 0 radical (unpaired) electrons. The van der Waals surface area contributed by atoms with Gasteiger partial charge < -0.3 is 10.6 Å². The van der Waals surface area contributed by atoms with Crippen LogP contribution >= 0.6 is 0 Å². The molecule has 0 saturated heterocycles. The average Bonchev–Trinajstić information content (AvgIpc) is 3.47. The fraction of sp³-hybridized carbons (Fsp3) is 0.393. The van der Waals surface area contributed by atoms with Crippen molar-refractivity contribution in [1.82, 2.24) is 19.7 Å². The monoisotopic (exact) mass is 488 g/mol. The first kappa shape index (κ1) is 23.9. The second kappa shape index (κ2) is 10.4. The third-order valence-electron chi connectivity index (χ3n) is 7.10. The molecule has 1 fully saturated rings. The summed E-state index contributed by atoms with van der Waals surface area (Å²) in [7, 11) is 1.91. The van der Waals surface area contributed by atoms with Gasteiger partial charge in [-0.25, -0.2) is 0 Å². The Hall–Kier alpha value is -3.81. The predicted octanol–water partition coefficient (Wildman–Crippen LogP) is 5.66. The number of aryl methyl sites for hydroxylation is 3. The lowest BCUT2D eigenvalue weighted by molar-refractivity contribution is -0.117. The Balaban J connectivity index is 0.00000200. The first-order valence-corrected chi connectivity index (χ1v) is 12.7. The van der Waals surface area contributed by atoms with Gasteiger partial charge in [0, 0.05) is 40.0 Å². The van der Waals surface area contributed by atoms with Crippen molar-refractivity contribution in [2.24, 2.45) is 13.0 Å². The summed E-state index contributed by atoms with van der Waals surface area (Å²) < 4.78 is 1.80. The minimum atomic E-state index is -0.259. The summed E-state index contributed by atoms with van der Waals surface area (Å²) >= 11 is 0. The molecule has 0 atom stereocenters. The largest absolute Gasteiger partial charge is 0.325 e. The number of amides is 2. The highest BCUT2D eigenvalue weighted by molar-refractivity contribution is 6.05. The molecule has 2 aliphatic carbocycles. The number of hydrogen-bond acceptors (Lipinski definition) is 5. The van der Waals surface area contributed by atoms with Crippen LogP contribution in [-0.4, -0.2) is 31.6 Å². The number of nitrogens with one attached hydrogen (secondary N) is 2. The molecule has 2 aliphatic rings. The number of carbonyl (C=O) groups is 2. The van der Waals surface area contributed by atoms with Crippen molar-refractivity contribution in [3.63, 3.8) is 0 Å². The highest BCUT2D eigenvalue weighted by atomic mass is 16.2. The maximum Gasteiger partial charge on any atom is 0.257 e. The molecule has 3 aromatic heterocycles. The highest BCUT2D eigenvalue weighted by Gasteiger charge is 2.19.